The maximum absolute atomic E-state index is 9.12. The lowest BCUT2D eigenvalue weighted by molar-refractivity contribution is 0.277. The van der Waals surface area contributed by atoms with E-state index >= 15 is 0 Å². The van der Waals surface area contributed by atoms with E-state index in [1.54, 1.807) is 17.4 Å². The molecule has 5 heteroatoms. The van der Waals surface area contributed by atoms with Crippen LogP contribution in [-0.2, 0) is 13.2 Å². The van der Waals surface area contributed by atoms with Crippen molar-refractivity contribution in [1.82, 2.24) is 9.97 Å². The Labute approximate surface area is 126 Å². The number of aliphatic hydroxyl groups is 1. The van der Waals surface area contributed by atoms with Gasteiger partial charge in [-0.15, -0.1) is 11.3 Å². The Bertz CT molecular complexity index is 762. The summed E-state index contributed by atoms with van der Waals surface area (Å²) in [6, 6.07) is 13.7. The lowest BCUT2D eigenvalue weighted by atomic mass is 10.2. The molecule has 0 aliphatic heterocycles. The number of para-hydroxylation sites is 1. The van der Waals surface area contributed by atoms with Crippen LogP contribution < -0.4 is 0 Å². The van der Waals surface area contributed by atoms with E-state index in [4.69, 9.17) is 5.11 Å². The van der Waals surface area contributed by atoms with Crippen molar-refractivity contribution in [3.63, 3.8) is 0 Å². The summed E-state index contributed by atoms with van der Waals surface area (Å²) in [5.41, 5.74) is 3.32. The maximum Gasteiger partial charge on any atom is 0.115 e. The number of nitrogens with zero attached hydrogens (tertiary/aromatic N) is 3. The molecule has 0 radical (unpaired) electrons. The number of hydrogen-bond donors (Lipinski definition) is 1. The SMILES string of the molecule is CC(=NCc1nc2ccccc2s1)c1cccc(CO)n1. The summed E-state index contributed by atoms with van der Waals surface area (Å²) in [5.74, 6) is 0. The highest BCUT2D eigenvalue weighted by Crippen LogP contribution is 2.22. The third-order valence-corrected chi connectivity index (χ3v) is 4.15. The topological polar surface area (TPSA) is 58.4 Å². The summed E-state index contributed by atoms with van der Waals surface area (Å²) in [6.45, 7) is 2.42. The predicted molar refractivity (Wildman–Crippen MR) is 85.7 cm³/mol. The van der Waals surface area contributed by atoms with Crippen molar-refractivity contribution >= 4 is 27.3 Å². The molecule has 3 aromatic rings. The summed E-state index contributed by atoms with van der Waals surface area (Å²) in [6.07, 6.45) is 0. The molecule has 0 aliphatic carbocycles. The standard InChI is InChI=1S/C16H15N3OS/c1-11(13-7-4-5-12(10-20)18-13)17-9-16-19-14-6-2-3-8-15(14)21-16/h2-8,20H,9-10H2,1H3. The Kier molecular flexibility index (Phi) is 4.03. The minimum Gasteiger partial charge on any atom is -0.390 e. The quantitative estimate of drug-likeness (QED) is 0.752. The molecule has 0 fully saturated rings. The number of aromatic nitrogens is 2. The van der Waals surface area contributed by atoms with Crippen molar-refractivity contribution in [1.29, 1.82) is 0 Å². The van der Waals surface area contributed by atoms with Gasteiger partial charge in [-0.1, -0.05) is 18.2 Å². The largest absolute Gasteiger partial charge is 0.390 e. The second-order valence-corrected chi connectivity index (χ2v) is 5.76. The first-order chi connectivity index (χ1) is 10.3. The molecular weight excluding hydrogens is 282 g/mol. The fourth-order valence-electron chi connectivity index (χ4n) is 2.02. The number of benzene rings is 1. The van der Waals surface area contributed by atoms with E-state index in [0.717, 1.165) is 21.9 Å². The van der Waals surface area contributed by atoms with Crippen molar-refractivity contribution in [3.8, 4) is 0 Å². The lowest BCUT2D eigenvalue weighted by Crippen LogP contribution is -2.02. The fraction of sp³-hybridized carbons (Fsp3) is 0.188. The summed E-state index contributed by atoms with van der Waals surface area (Å²) in [5, 5.41) is 10.1. The molecule has 4 nitrogen and oxygen atoms in total. The van der Waals surface area contributed by atoms with Crippen LogP contribution in [-0.4, -0.2) is 20.8 Å². The first kappa shape index (κ1) is 13.9. The van der Waals surface area contributed by atoms with Gasteiger partial charge in [-0.2, -0.15) is 0 Å². The minimum absolute atomic E-state index is 0.0566. The number of thiazole rings is 1. The van der Waals surface area contributed by atoms with Crippen LogP contribution in [0.15, 0.2) is 47.5 Å². The molecule has 0 bridgehead atoms. The number of aliphatic imine (C=N–C) groups is 1. The molecular formula is C16H15N3OS. The van der Waals surface area contributed by atoms with Gasteiger partial charge in [0.05, 0.1) is 40.5 Å². The zero-order valence-corrected chi connectivity index (χ0v) is 12.5. The van der Waals surface area contributed by atoms with Crippen molar-refractivity contribution in [3.05, 3.63) is 58.9 Å². The van der Waals surface area contributed by atoms with Crippen LogP contribution in [0.4, 0.5) is 0 Å². The van der Waals surface area contributed by atoms with Gasteiger partial charge in [0.2, 0.25) is 0 Å². The highest BCUT2D eigenvalue weighted by atomic mass is 32.1. The Balaban J connectivity index is 1.80. The number of aliphatic hydroxyl groups excluding tert-OH is 1. The number of rotatable bonds is 4. The molecule has 0 atom stereocenters. The van der Waals surface area contributed by atoms with Gasteiger partial charge in [0.15, 0.2) is 0 Å². The fourth-order valence-corrected chi connectivity index (χ4v) is 2.92. The van der Waals surface area contributed by atoms with Gasteiger partial charge in [-0.05, 0) is 31.2 Å². The van der Waals surface area contributed by atoms with Crippen LogP contribution >= 0.6 is 11.3 Å². The van der Waals surface area contributed by atoms with Gasteiger partial charge >= 0.3 is 0 Å². The molecule has 2 aromatic heterocycles. The monoisotopic (exact) mass is 297 g/mol. The molecule has 21 heavy (non-hydrogen) atoms. The minimum atomic E-state index is -0.0566. The maximum atomic E-state index is 9.12. The molecule has 1 aromatic carbocycles. The van der Waals surface area contributed by atoms with Crippen LogP contribution in [0.3, 0.4) is 0 Å². The third-order valence-electron chi connectivity index (χ3n) is 3.13. The van der Waals surface area contributed by atoms with Crippen molar-refractivity contribution < 1.29 is 5.11 Å². The van der Waals surface area contributed by atoms with Crippen LogP contribution in [0, 0.1) is 0 Å². The summed E-state index contributed by atoms with van der Waals surface area (Å²) in [4.78, 5) is 13.5. The molecule has 0 aliphatic rings. The molecule has 0 spiro atoms. The Morgan fingerprint density at radius 1 is 1.14 bits per heavy atom. The molecule has 106 valence electrons. The van der Waals surface area contributed by atoms with E-state index in [-0.39, 0.29) is 6.61 Å². The van der Waals surface area contributed by atoms with E-state index in [1.165, 1.54) is 4.70 Å². The predicted octanol–water partition coefficient (Wildman–Crippen LogP) is 3.19. The number of pyridine rings is 1. The van der Waals surface area contributed by atoms with Gasteiger partial charge in [-0.25, -0.2) is 9.97 Å². The Hall–Kier alpha value is -2.11. The Morgan fingerprint density at radius 2 is 2.00 bits per heavy atom. The molecule has 3 rings (SSSR count). The number of fused-ring (bicyclic) bond motifs is 1. The van der Waals surface area contributed by atoms with E-state index in [9.17, 15) is 0 Å². The van der Waals surface area contributed by atoms with Gasteiger partial charge in [-0.3, -0.25) is 4.99 Å². The third kappa shape index (κ3) is 3.15. The van der Waals surface area contributed by atoms with Crippen molar-refractivity contribution in [2.24, 2.45) is 4.99 Å². The van der Waals surface area contributed by atoms with Crippen LogP contribution in [0.5, 0.6) is 0 Å². The second kappa shape index (κ2) is 6.11. The van der Waals surface area contributed by atoms with Gasteiger partial charge in [0.25, 0.3) is 0 Å². The van der Waals surface area contributed by atoms with E-state index < -0.39 is 0 Å². The van der Waals surface area contributed by atoms with E-state index in [0.29, 0.717) is 12.2 Å². The summed E-state index contributed by atoms with van der Waals surface area (Å²) < 4.78 is 1.18. The summed E-state index contributed by atoms with van der Waals surface area (Å²) >= 11 is 1.66. The zero-order valence-electron chi connectivity index (χ0n) is 11.7. The first-order valence-electron chi connectivity index (χ1n) is 6.69. The van der Waals surface area contributed by atoms with E-state index in [2.05, 4.69) is 21.0 Å². The molecule has 0 unspecified atom stereocenters. The van der Waals surface area contributed by atoms with Gasteiger partial charge in [0.1, 0.15) is 5.01 Å². The van der Waals surface area contributed by atoms with Crippen molar-refractivity contribution in [2.75, 3.05) is 0 Å². The smallest absolute Gasteiger partial charge is 0.115 e. The highest BCUT2D eigenvalue weighted by Gasteiger charge is 2.04. The average molecular weight is 297 g/mol. The molecule has 2 heterocycles. The van der Waals surface area contributed by atoms with Gasteiger partial charge < -0.3 is 5.11 Å². The molecule has 1 N–H and O–H groups in total. The van der Waals surface area contributed by atoms with Crippen LogP contribution in [0.25, 0.3) is 10.2 Å². The van der Waals surface area contributed by atoms with Gasteiger partial charge in [0, 0.05) is 0 Å². The zero-order chi connectivity index (χ0) is 14.7. The second-order valence-electron chi connectivity index (χ2n) is 4.65. The molecule has 0 amide bonds. The lowest BCUT2D eigenvalue weighted by Gasteiger charge is -2.01. The number of hydrogen-bond acceptors (Lipinski definition) is 5. The Morgan fingerprint density at radius 3 is 2.81 bits per heavy atom. The normalized spacial score (nSPS) is 12.0. The average Bonchev–Trinajstić information content (AvgIpc) is 2.95. The molecule has 0 saturated heterocycles. The van der Waals surface area contributed by atoms with Crippen LogP contribution in [0.2, 0.25) is 0 Å². The van der Waals surface area contributed by atoms with Crippen molar-refractivity contribution in [2.45, 2.75) is 20.1 Å². The van der Waals surface area contributed by atoms with Crippen LogP contribution in [0.1, 0.15) is 23.3 Å². The molecule has 0 saturated carbocycles. The highest BCUT2D eigenvalue weighted by molar-refractivity contribution is 7.18. The van der Waals surface area contributed by atoms with E-state index in [1.807, 2.05) is 37.3 Å². The summed E-state index contributed by atoms with van der Waals surface area (Å²) in [7, 11) is 0. The first-order valence-corrected chi connectivity index (χ1v) is 7.50.